The summed E-state index contributed by atoms with van der Waals surface area (Å²) >= 11 is 1.74. The minimum Gasteiger partial charge on any atom is -0.487 e. The Hall–Kier alpha value is -4.17. The first-order chi connectivity index (χ1) is 21.2. The van der Waals surface area contributed by atoms with Crippen molar-refractivity contribution in [1.82, 2.24) is 14.5 Å². The van der Waals surface area contributed by atoms with Gasteiger partial charge in [0, 0.05) is 56.7 Å². The van der Waals surface area contributed by atoms with Gasteiger partial charge >= 0.3 is 5.97 Å². The molecular weight excluding hydrogens is 585 g/mol. The van der Waals surface area contributed by atoms with Gasteiger partial charge in [-0.25, -0.2) is 4.39 Å². The molecule has 5 rings (SSSR count). The molecule has 1 N–H and O–H groups in total. The third-order valence-electron chi connectivity index (χ3n) is 7.82. The van der Waals surface area contributed by atoms with Crippen molar-refractivity contribution >= 4 is 28.6 Å². The molecule has 0 aliphatic carbocycles. The molecule has 0 atom stereocenters. The van der Waals surface area contributed by atoms with E-state index in [0.29, 0.717) is 25.1 Å². The van der Waals surface area contributed by atoms with Crippen LogP contribution in [0.1, 0.15) is 62.8 Å². The molecule has 0 saturated heterocycles. The molecular formula is C37H40FN3O3S. The summed E-state index contributed by atoms with van der Waals surface area (Å²) in [7, 11) is 0. The van der Waals surface area contributed by atoms with E-state index in [1.807, 2.05) is 50.2 Å². The Labute approximate surface area is 268 Å². The number of aryl methyl sites for hydroxylation is 2. The van der Waals surface area contributed by atoms with Gasteiger partial charge in [0.1, 0.15) is 18.2 Å². The van der Waals surface area contributed by atoms with Crippen LogP contribution in [0.3, 0.4) is 0 Å². The molecule has 0 saturated carbocycles. The van der Waals surface area contributed by atoms with E-state index in [-0.39, 0.29) is 10.6 Å². The average Bonchev–Trinajstić information content (AvgIpc) is 3.23. The van der Waals surface area contributed by atoms with Crippen molar-refractivity contribution < 1.29 is 19.0 Å². The van der Waals surface area contributed by atoms with Crippen molar-refractivity contribution in [3.63, 3.8) is 0 Å². The molecule has 0 unspecified atom stereocenters. The number of fused-ring (bicyclic) bond motifs is 1. The van der Waals surface area contributed by atoms with E-state index in [0.717, 1.165) is 55.3 Å². The molecule has 234 valence electrons. The first kappa shape index (κ1) is 32.2. The van der Waals surface area contributed by atoms with Gasteiger partial charge in [0.15, 0.2) is 0 Å². The van der Waals surface area contributed by atoms with Gasteiger partial charge in [-0.05, 0) is 74.7 Å². The van der Waals surface area contributed by atoms with Crippen LogP contribution >= 0.6 is 11.8 Å². The largest absolute Gasteiger partial charge is 0.487 e. The summed E-state index contributed by atoms with van der Waals surface area (Å²) < 4.78 is 22.2. The Morgan fingerprint density at radius 1 is 0.956 bits per heavy atom. The van der Waals surface area contributed by atoms with E-state index in [9.17, 15) is 14.3 Å². The molecule has 45 heavy (non-hydrogen) atoms. The average molecular weight is 626 g/mol. The number of benzene rings is 2. The van der Waals surface area contributed by atoms with Crippen LogP contribution in [0.15, 0.2) is 78.0 Å². The predicted molar refractivity (Wildman–Crippen MR) is 179 cm³/mol. The molecule has 6 nitrogen and oxygen atoms in total. The van der Waals surface area contributed by atoms with Crippen LogP contribution in [0.25, 0.3) is 22.0 Å². The lowest BCUT2D eigenvalue weighted by Gasteiger charge is -2.24. The highest BCUT2D eigenvalue weighted by Gasteiger charge is 2.33. The van der Waals surface area contributed by atoms with Crippen molar-refractivity contribution in [2.75, 3.05) is 0 Å². The summed E-state index contributed by atoms with van der Waals surface area (Å²) in [6.07, 6.45) is 3.19. The van der Waals surface area contributed by atoms with Crippen molar-refractivity contribution in [3.8, 4) is 16.9 Å². The van der Waals surface area contributed by atoms with E-state index in [1.54, 1.807) is 31.8 Å². The number of ether oxygens (including phenoxy) is 1. The maximum Gasteiger partial charge on any atom is 0.309 e. The maximum absolute atomic E-state index is 13.8. The number of carboxylic acid groups (broad SMARTS) is 1. The number of hydrogen-bond acceptors (Lipinski definition) is 5. The third-order valence-corrected chi connectivity index (χ3v) is 9.09. The highest BCUT2D eigenvalue weighted by molar-refractivity contribution is 8.00. The SMILES string of the molecule is Cc1ccc(COc2ccc3c(c2)c(SC(C)(C)C)c(CC(C)(C)C(=O)O)n3Cc2ccc(-c3cncc(F)c3)cc2)nc1C. The van der Waals surface area contributed by atoms with Gasteiger partial charge in [-0.2, -0.15) is 0 Å². The Balaban J connectivity index is 1.58. The van der Waals surface area contributed by atoms with Gasteiger partial charge in [0.05, 0.1) is 17.3 Å². The highest BCUT2D eigenvalue weighted by atomic mass is 32.2. The van der Waals surface area contributed by atoms with Gasteiger partial charge in [-0.15, -0.1) is 11.8 Å². The number of aliphatic carboxylic acids is 1. The van der Waals surface area contributed by atoms with E-state index in [4.69, 9.17) is 4.74 Å². The van der Waals surface area contributed by atoms with Crippen LogP contribution in [0, 0.1) is 25.1 Å². The topological polar surface area (TPSA) is 77.2 Å². The van der Waals surface area contributed by atoms with Crippen molar-refractivity contribution in [1.29, 1.82) is 0 Å². The monoisotopic (exact) mass is 625 g/mol. The second-order valence-electron chi connectivity index (χ2n) is 13.2. The molecule has 8 heteroatoms. The van der Waals surface area contributed by atoms with Gasteiger partial charge in [0.2, 0.25) is 0 Å². The molecule has 0 radical (unpaired) electrons. The first-order valence-electron chi connectivity index (χ1n) is 15.0. The number of rotatable bonds is 10. The van der Waals surface area contributed by atoms with Crippen LogP contribution in [0.2, 0.25) is 0 Å². The zero-order chi connectivity index (χ0) is 32.5. The normalized spacial score (nSPS) is 12.1. The van der Waals surface area contributed by atoms with Gasteiger partial charge in [0.25, 0.3) is 0 Å². The summed E-state index contributed by atoms with van der Waals surface area (Å²) in [5, 5.41) is 11.2. The smallest absolute Gasteiger partial charge is 0.309 e. The number of halogens is 1. The third kappa shape index (κ3) is 7.56. The fraction of sp³-hybridized carbons (Fsp3) is 0.324. The number of pyridine rings is 2. The first-order valence-corrected chi connectivity index (χ1v) is 15.9. The van der Waals surface area contributed by atoms with Gasteiger partial charge in [-0.1, -0.05) is 51.1 Å². The summed E-state index contributed by atoms with van der Waals surface area (Å²) in [6.45, 7) is 15.0. The molecule has 0 aliphatic rings. The van der Waals surface area contributed by atoms with Crippen LogP contribution in [0.4, 0.5) is 4.39 Å². The van der Waals surface area contributed by atoms with Crippen molar-refractivity contribution in [2.24, 2.45) is 5.41 Å². The highest BCUT2D eigenvalue weighted by Crippen LogP contribution is 2.44. The number of thioether (sulfide) groups is 1. The lowest BCUT2D eigenvalue weighted by Crippen LogP contribution is -2.28. The van der Waals surface area contributed by atoms with E-state index in [1.165, 1.54) is 12.3 Å². The standard InChI is InChI=1S/C37H40FN3O3S/c1-23-8-13-29(40-24(23)2)22-44-30-14-15-32-31(17-30)34(45-36(3,4)5)33(18-37(6,7)35(42)43)41(32)21-25-9-11-26(12-10-25)27-16-28(38)20-39-19-27/h8-17,19-20H,18,21-22H2,1-7H3,(H,42,43). The zero-order valence-electron chi connectivity index (χ0n) is 26.9. The Morgan fingerprint density at radius 2 is 1.69 bits per heavy atom. The molecule has 0 spiro atoms. The van der Waals surface area contributed by atoms with Gasteiger partial charge in [-0.3, -0.25) is 14.8 Å². The molecule has 3 heterocycles. The summed E-state index contributed by atoms with van der Waals surface area (Å²) in [5.41, 5.74) is 6.62. The minimum absolute atomic E-state index is 0.123. The fourth-order valence-corrected chi connectivity index (χ4v) is 6.38. The number of carboxylic acids is 1. The lowest BCUT2D eigenvalue weighted by molar-refractivity contribution is -0.146. The van der Waals surface area contributed by atoms with E-state index >= 15 is 0 Å². The quantitative estimate of drug-likeness (QED) is 0.156. The molecule has 0 bridgehead atoms. The van der Waals surface area contributed by atoms with Crippen LogP contribution in [-0.4, -0.2) is 30.4 Å². The Morgan fingerprint density at radius 3 is 2.33 bits per heavy atom. The summed E-state index contributed by atoms with van der Waals surface area (Å²) in [4.78, 5) is 22.0. The van der Waals surface area contributed by atoms with Crippen LogP contribution in [0.5, 0.6) is 5.75 Å². The predicted octanol–water partition coefficient (Wildman–Crippen LogP) is 9.03. The Bertz CT molecular complexity index is 1860. The van der Waals surface area contributed by atoms with Gasteiger partial charge < -0.3 is 14.4 Å². The number of nitrogens with zero attached hydrogens (tertiary/aromatic N) is 3. The van der Waals surface area contributed by atoms with Crippen LogP contribution in [-0.2, 0) is 24.4 Å². The number of aromatic nitrogens is 3. The molecule has 5 aromatic rings. The second kappa shape index (κ2) is 12.7. The second-order valence-corrected chi connectivity index (χ2v) is 15.0. The molecule has 3 aromatic heterocycles. The fourth-order valence-electron chi connectivity index (χ4n) is 5.19. The summed E-state index contributed by atoms with van der Waals surface area (Å²) in [6, 6.07) is 19.6. The molecule has 2 aromatic carbocycles. The number of hydrogen-bond donors (Lipinski definition) is 1. The lowest BCUT2D eigenvalue weighted by atomic mass is 9.88. The molecule has 0 fully saturated rings. The summed E-state index contributed by atoms with van der Waals surface area (Å²) in [5.74, 6) is -0.491. The van der Waals surface area contributed by atoms with Crippen molar-refractivity contribution in [3.05, 3.63) is 107 Å². The maximum atomic E-state index is 13.8. The minimum atomic E-state index is -0.984. The van der Waals surface area contributed by atoms with E-state index in [2.05, 4.69) is 53.5 Å². The molecule has 0 aliphatic heterocycles. The molecule has 0 amide bonds. The zero-order valence-corrected chi connectivity index (χ0v) is 27.8. The van der Waals surface area contributed by atoms with Crippen LogP contribution < -0.4 is 4.74 Å². The van der Waals surface area contributed by atoms with E-state index < -0.39 is 11.4 Å². The van der Waals surface area contributed by atoms with Crippen molar-refractivity contribution in [2.45, 2.75) is 77.7 Å². The number of carbonyl (C=O) groups is 1. The Kier molecular flexibility index (Phi) is 9.08.